The number of carboxylic acid groups (broad SMARTS) is 1. The molecule has 0 saturated heterocycles. The number of urea groups is 1. The first-order valence-electron chi connectivity index (χ1n) is 6.68. The van der Waals surface area contributed by atoms with Crippen molar-refractivity contribution in [2.45, 2.75) is 32.7 Å². The van der Waals surface area contributed by atoms with Crippen molar-refractivity contribution >= 4 is 12.0 Å². The van der Waals surface area contributed by atoms with Crippen LogP contribution in [-0.2, 0) is 11.3 Å². The Hall–Kier alpha value is -2.11. The summed E-state index contributed by atoms with van der Waals surface area (Å²) in [6.07, 6.45) is 3.87. The molecule has 6 nitrogen and oxygen atoms in total. The van der Waals surface area contributed by atoms with Crippen LogP contribution in [0.4, 0.5) is 4.79 Å². The zero-order chi connectivity index (χ0) is 14.6. The highest BCUT2D eigenvalue weighted by molar-refractivity contribution is 5.78. The third-order valence-corrected chi connectivity index (χ3v) is 3.78. The van der Waals surface area contributed by atoms with Crippen molar-refractivity contribution in [3.63, 3.8) is 0 Å². The van der Waals surface area contributed by atoms with E-state index in [1.165, 1.54) is 0 Å². The van der Waals surface area contributed by atoms with E-state index in [2.05, 4.69) is 15.6 Å². The van der Waals surface area contributed by atoms with Crippen molar-refractivity contribution in [3.05, 3.63) is 29.6 Å². The van der Waals surface area contributed by atoms with E-state index in [0.29, 0.717) is 19.4 Å². The lowest BCUT2D eigenvalue weighted by Gasteiger charge is -2.37. The van der Waals surface area contributed by atoms with Crippen LogP contribution in [0.15, 0.2) is 18.3 Å². The maximum Gasteiger partial charge on any atom is 0.315 e. The van der Waals surface area contributed by atoms with Gasteiger partial charge in [-0.1, -0.05) is 12.5 Å². The lowest BCUT2D eigenvalue weighted by molar-refractivity contribution is -0.153. The molecule has 1 aromatic heterocycles. The summed E-state index contributed by atoms with van der Waals surface area (Å²) < 4.78 is 0. The minimum absolute atomic E-state index is 0.181. The average molecular weight is 277 g/mol. The molecule has 1 heterocycles. The lowest BCUT2D eigenvalue weighted by Crippen LogP contribution is -2.49. The van der Waals surface area contributed by atoms with Gasteiger partial charge in [0, 0.05) is 25.0 Å². The third kappa shape index (κ3) is 3.26. The Morgan fingerprint density at radius 1 is 1.35 bits per heavy atom. The number of amides is 2. The van der Waals surface area contributed by atoms with E-state index < -0.39 is 11.4 Å². The molecule has 0 aromatic carbocycles. The first kappa shape index (κ1) is 14.3. The van der Waals surface area contributed by atoms with Gasteiger partial charge in [0.15, 0.2) is 0 Å². The summed E-state index contributed by atoms with van der Waals surface area (Å²) >= 11 is 0. The van der Waals surface area contributed by atoms with Crippen LogP contribution in [-0.4, -0.2) is 28.6 Å². The summed E-state index contributed by atoms with van der Waals surface area (Å²) in [5, 5.41) is 14.5. The molecule has 3 N–H and O–H groups in total. The van der Waals surface area contributed by atoms with Crippen LogP contribution in [0, 0.1) is 12.3 Å². The highest BCUT2D eigenvalue weighted by atomic mass is 16.4. The summed E-state index contributed by atoms with van der Waals surface area (Å²) in [6, 6.07) is 3.42. The Morgan fingerprint density at radius 3 is 2.60 bits per heavy atom. The number of nitrogens with zero attached hydrogens (tertiary/aromatic N) is 1. The maximum atomic E-state index is 11.7. The second kappa shape index (κ2) is 5.90. The molecule has 0 unspecified atom stereocenters. The Morgan fingerprint density at radius 2 is 2.10 bits per heavy atom. The fourth-order valence-electron chi connectivity index (χ4n) is 2.17. The Bertz CT molecular complexity index is 495. The summed E-state index contributed by atoms with van der Waals surface area (Å²) in [7, 11) is 0. The van der Waals surface area contributed by atoms with E-state index in [4.69, 9.17) is 5.11 Å². The van der Waals surface area contributed by atoms with E-state index in [1.807, 2.05) is 19.1 Å². The Labute approximate surface area is 117 Å². The monoisotopic (exact) mass is 277 g/mol. The zero-order valence-corrected chi connectivity index (χ0v) is 11.5. The molecule has 0 bridgehead atoms. The Kier molecular flexibility index (Phi) is 4.22. The van der Waals surface area contributed by atoms with Gasteiger partial charge in [-0.25, -0.2) is 4.79 Å². The van der Waals surface area contributed by atoms with Crippen LogP contribution < -0.4 is 10.6 Å². The lowest BCUT2D eigenvalue weighted by atomic mass is 9.69. The van der Waals surface area contributed by atoms with Crippen molar-refractivity contribution in [1.29, 1.82) is 0 Å². The number of hydrogen-bond acceptors (Lipinski definition) is 3. The van der Waals surface area contributed by atoms with Crippen molar-refractivity contribution in [2.24, 2.45) is 5.41 Å². The molecule has 1 aromatic rings. The number of hydrogen-bond donors (Lipinski definition) is 3. The zero-order valence-electron chi connectivity index (χ0n) is 11.5. The molecule has 0 spiro atoms. The molecule has 1 fully saturated rings. The topological polar surface area (TPSA) is 91.3 Å². The molecule has 0 radical (unpaired) electrons. The van der Waals surface area contributed by atoms with Crippen LogP contribution in [0.25, 0.3) is 0 Å². The van der Waals surface area contributed by atoms with Crippen LogP contribution in [0.5, 0.6) is 0 Å². The highest BCUT2D eigenvalue weighted by Crippen LogP contribution is 2.40. The quantitative estimate of drug-likeness (QED) is 0.759. The normalized spacial score (nSPS) is 16.1. The minimum atomic E-state index is -0.827. The fraction of sp³-hybridized carbons (Fsp3) is 0.500. The van der Waals surface area contributed by atoms with Crippen LogP contribution in [0.3, 0.4) is 0 Å². The van der Waals surface area contributed by atoms with Crippen molar-refractivity contribution < 1.29 is 14.7 Å². The largest absolute Gasteiger partial charge is 0.481 e. The number of aliphatic carboxylic acids is 1. The SMILES string of the molecule is Cc1ccc(CNC(=O)NCC2(C(=O)O)CCC2)cn1. The van der Waals surface area contributed by atoms with Gasteiger partial charge in [0.1, 0.15) is 0 Å². The van der Waals surface area contributed by atoms with Crippen molar-refractivity contribution in [2.75, 3.05) is 6.54 Å². The molecule has 1 aliphatic carbocycles. The van der Waals surface area contributed by atoms with Gasteiger partial charge in [0.2, 0.25) is 0 Å². The van der Waals surface area contributed by atoms with E-state index in [1.54, 1.807) is 6.20 Å². The fourth-order valence-corrected chi connectivity index (χ4v) is 2.17. The first-order chi connectivity index (χ1) is 9.52. The number of pyridine rings is 1. The molecule has 0 atom stereocenters. The van der Waals surface area contributed by atoms with Gasteiger partial charge in [0.05, 0.1) is 5.41 Å². The van der Waals surface area contributed by atoms with Gasteiger partial charge in [-0.05, 0) is 31.4 Å². The van der Waals surface area contributed by atoms with Crippen molar-refractivity contribution in [1.82, 2.24) is 15.6 Å². The summed E-state index contributed by atoms with van der Waals surface area (Å²) in [6.45, 7) is 2.45. The molecule has 2 amide bonds. The molecule has 0 aliphatic heterocycles. The third-order valence-electron chi connectivity index (χ3n) is 3.78. The number of nitrogens with one attached hydrogen (secondary N) is 2. The Balaban J connectivity index is 1.75. The minimum Gasteiger partial charge on any atom is -0.481 e. The second-order valence-electron chi connectivity index (χ2n) is 5.28. The predicted octanol–water partition coefficient (Wildman–Crippen LogP) is 1.44. The van der Waals surface area contributed by atoms with Crippen molar-refractivity contribution in [3.8, 4) is 0 Å². The van der Waals surface area contributed by atoms with Gasteiger partial charge in [-0.2, -0.15) is 0 Å². The van der Waals surface area contributed by atoms with E-state index >= 15 is 0 Å². The van der Waals surface area contributed by atoms with Crippen LogP contribution in [0.1, 0.15) is 30.5 Å². The van der Waals surface area contributed by atoms with Gasteiger partial charge in [0.25, 0.3) is 0 Å². The molecule has 20 heavy (non-hydrogen) atoms. The van der Waals surface area contributed by atoms with E-state index in [0.717, 1.165) is 17.7 Å². The number of rotatable bonds is 5. The number of aromatic nitrogens is 1. The predicted molar refractivity (Wildman–Crippen MR) is 73.1 cm³/mol. The average Bonchev–Trinajstić information content (AvgIpc) is 2.36. The van der Waals surface area contributed by atoms with Gasteiger partial charge in [-0.15, -0.1) is 0 Å². The molecule has 6 heteroatoms. The molecule has 2 rings (SSSR count). The van der Waals surface area contributed by atoms with Gasteiger partial charge in [-0.3, -0.25) is 9.78 Å². The smallest absolute Gasteiger partial charge is 0.315 e. The van der Waals surface area contributed by atoms with Gasteiger partial charge < -0.3 is 15.7 Å². The van der Waals surface area contributed by atoms with Gasteiger partial charge >= 0.3 is 12.0 Å². The molecule has 1 aliphatic rings. The molecular weight excluding hydrogens is 258 g/mol. The standard InChI is InChI=1S/C14H19N3O3/c1-10-3-4-11(7-15-10)8-16-13(20)17-9-14(12(18)19)5-2-6-14/h3-4,7H,2,5-6,8-9H2,1H3,(H,18,19)(H2,16,17,20). The first-order valence-corrected chi connectivity index (χ1v) is 6.68. The number of carbonyl (C=O) groups excluding carboxylic acids is 1. The summed E-state index contributed by atoms with van der Waals surface area (Å²) in [5.41, 5.74) is 1.07. The number of carboxylic acids is 1. The second-order valence-corrected chi connectivity index (χ2v) is 5.28. The van der Waals surface area contributed by atoms with E-state index in [-0.39, 0.29) is 12.6 Å². The number of carbonyl (C=O) groups is 2. The molecule has 1 saturated carbocycles. The molecule has 108 valence electrons. The highest BCUT2D eigenvalue weighted by Gasteiger charge is 2.44. The van der Waals surface area contributed by atoms with E-state index in [9.17, 15) is 9.59 Å². The van der Waals surface area contributed by atoms with Crippen LogP contribution in [0.2, 0.25) is 0 Å². The summed E-state index contributed by atoms with van der Waals surface area (Å²) in [4.78, 5) is 26.9. The summed E-state index contributed by atoms with van der Waals surface area (Å²) in [5.74, 6) is -0.827. The van der Waals surface area contributed by atoms with Crippen LogP contribution >= 0.6 is 0 Å². The maximum absolute atomic E-state index is 11.7. The molecular formula is C14H19N3O3. The number of aryl methyl sites for hydroxylation is 1.